The van der Waals surface area contributed by atoms with Crippen molar-refractivity contribution < 1.29 is 14.7 Å². The van der Waals surface area contributed by atoms with Crippen molar-refractivity contribution in [1.29, 1.82) is 0 Å². The first-order valence-electron chi connectivity index (χ1n) is 7.15. The molecule has 2 atom stereocenters. The van der Waals surface area contributed by atoms with Gasteiger partial charge in [0.05, 0.1) is 23.7 Å². The van der Waals surface area contributed by atoms with Gasteiger partial charge in [-0.1, -0.05) is 30.3 Å². The van der Waals surface area contributed by atoms with E-state index in [0.717, 1.165) is 5.56 Å². The molecule has 1 aromatic carbocycles. The van der Waals surface area contributed by atoms with Crippen LogP contribution in [0.2, 0.25) is 0 Å². The fourth-order valence-electron chi connectivity index (χ4n) is 3.04. The molecule has 0 radical (unpaired) electrons. The van der Waals surface area contributed by atoms with E-state index in [9.17, 15) is 14.7 Å². The highest BCUT2D eigenvalue weighted by atomic mass is 16.4. The molecule has 0 saturated carbocycles. The SMILES string of the molecule is Cn1cc(C(=O)N2CCC(C(=O)O)C2c2ccccc2)cn1. The van der Waals surface area contributed by atoms with Crippen LogP contribution in [0.5, 0.6) is 0 Å². The molecule has 6 nitrogen and oxygen atoms in total. The number of aryl methyl sites for hydroxylation is 1. The number of aromatic nitrogens is 2. The number of likely N-dealkylation sites (tertiary alicyclic amines) is 1. The van der Waals surface area contributed by atoms with Crippen molar-refractivity contribution in [1.82, 2.24) is 14.7 Å². The first-order chi connectivity index (χ1) is 10.6. The van der Waals surface area contributed by atoms with E-state index < -0.39 is 17.9 Å². The molecule has 114 valence electrons. The standard InChI is InChI=1S/C16H17N3O3/c1-18-10-12(9-17-18)15(20)19-8-7-13(16(21)22)14(19)11-5-3-2-4-6-11/h2-6,9-10,13-14H,7-8H2,1H3,(H,21,22). The van der Waals surface area contributed by atoms with Gasteiger partial charge >= 0.3 is 5.97 Å². The van der Waals surface area contributed by atoms with Gasteiger partial charge in [0.25, 0.3) is 5.91 Å². The van der Waals surface area contributed by atoms with E-state index in [2.05, 4.69) is 5.10 Å². The fourth-order valence-corrected chi connectivity index (χ4v) is 3.04. The Kier molecular flexibility index (Phi) is 3.66. The third-order valence-electron chi connectivity index (χ3n) is 4.07. The van der Waals surface area contributed by atoms with Crippen LogP contribution in [0.1, 0.15) is 28.4 Å². The normalized spacial score (nSPS) is 21.0. The minimum atomic E-state index is -0.865. The Morgan fingerprint density at radius 2 is 2.00 bits per heavy atom. The predicted molar refractivity (Wildman–Crippen MR) is 79.2 cm³/mol. The smallest absolute Gasteiger partial charge is 0.309 e. The van der Waals surface area contributed by atoms with Crippen molar-refractivity contribution in [3.05, 3.63) is 53.9 Å². The second-order valence-electron chi connectivity index (χ2n) is 5.49. The highest BCUT2D eigenvalue weighted by molar-refractivity contribution is 5.94. The quantitative estimate of drug-likeness (QED) is 0.936. The lowest BCUT2D eigenvalue weighted by Gasteiger charge is -2.27. The van der Waals surface area contributed by atoms with E-state index in [1.165, 1.54) is 6.20 Å². The average Bonchev–Trinajstić information content (AvgIpc) is 3.13. The lowest BCUT2D eigenvalue weighted by molar-refractivity contribution is -0.142. The Morgan fingerprint density at radius 1 is 1.27 bits per heavy atom. The summed E-state index contributed by atoms with van der Waals surface area (Å²) < 4.78 is 1.56. The molecule has 1 aliphatic heterocycles. The zero-order valence-electron chi connectivity index (χ0n) is 12.2. The van der Waals surface area contributed by atoms with Gasteiger partial charge in [-0.25, -0.2) is 0 Å². The lowest BCUT2D eigenvalue weighted by Crippen LogP contribution is -2.33. The van der Waals surface area contributed by atoms with Gasteiger partial charge in [-0.2, -0.15) is 5.10 Å². The summed E-state index contributed by atoms with van der Waals surface area (Å²) in [5.74, 6) is -1.62. The molecule has 1 amide bonds. The third-order valence-corrected chi connectivity index (χ3v) is 4.07. The van der Waals surface area contributed by atoms with E-state index in [0.29, 0.717) is 18.5 Å². The van der Waals surface area contributed by atoms with Crippen molar-refractivity contribution in [2.75, 3.05) is 6.54 Å². The minimum absolute atomic E-state index is 0.175. The summed E-state index contributed by atoms with van der Waals surface area (Å²) >= 11 is 0. The molecule has 22 heavy (non-hydrogen) atoms. The Balaban J connectivity index is 1.96. The predicted octanol–water partition coefficient (Wildman–Crippen LogP) is 1.71. The van der Waals surface area contributed by atoms with E-state index >= 15 is 0 Å². The molecule has 2 aromatic rings. The second-order valence-corrected chi connectivity index (χ2v) is 5.49. The van der Waals surface area contributed by atoms with Crippen LogP contribution in [-0.2, 0) is 11.8 Å². The molecule has 2 unspecified atom stereocenters. The Morgan fingerprint density at radius 3 is 2.59 bits per heavy atom. The molecule has 0 bridgehead atoms. The third kappa shape index (κ3) is 2.47. The topological polar surface area (TPSA) is 75.4 Å². The van der Waals surface area contributed by atoms with Crippen molar-refractivity contribution in [2.45, 2.75) is 12.5 Å². The van der Waals surface area contributed by atoms with E-state index in [1.807, 2.05) is 30.3 Å². The molecule has 6 heteroatoms. The molecule has 1 aliphatic rings. The van der Waals surface area contributed by atoms with Gasteiger partial charge in [0.2, 0.25) is 0 Å². The number of aliphatic carboxylic acids is 1. The molecule has 3 rings (SSSR count). The number of carboxylic acid groups (broad SMARTS) is 1. The van der Waals surface area contributed by atoms with Crippen LogP contribution in [0, 0.1) is 5.92 Å². The van der Waals surface area contributed by atoms with Gasteiger partial charge in [-0.3, -0.25) is 14.3 Å². The van der Waals surface area contributed by atoms with Gasteiger partial charge in [-0.15, -0.1) is 0 Å². The average molecular weight is 299 g/mol. The van der Waals surface area contributed by atoms with E-state index in [4.69, 9.17) is 0 Å². The molecular formula is C16H17N3O3. The minimum Gasteiger partial charge on any atom is -0.481 e. The Bertz CT molecular complexity index is 696. The molecule has 1 N–H and O–H groups in total. The zero-order valence-corrected chi connectivity index (χ0v) is 12.2. The van der Waals surface area contributed by atoms with Crippen LogP contribution in [0.3, 0.4) is 0 Å². The molecule has 1 saturated heterocycles. The summed E-state index contributed by atoms with van der Waals surface area (Å²) in [6.45, 7) is 0.435. The van der Waals surface area contributed by atoms with Crippen molar-refractivity contribution in [3.8, 4) is 0 Å². The largest absolute Gasteiger partial charge is 0.481 e. The van der Waals surface area contributed by atoms with Crippen LogP contribution in [0.15, 0.2) is 42.7 Å². The highest BCUT2D eigenvalue weighted by Crippen LogP contribution is 2.38. The number of carbonyl (C=O) groups is 2. The summed E-state index contributed by atoms with van der Waals surface area (Å²) in [7, 11) is 1.75. The van der Waals surface area contributed by atoms with Crippen LogP contribution in [0.25, 0.3) is 0 Å². The van der Waals surface area contributed by atoms with Gasteiger partial charge in [0.15, 0.2) is 0 Å². The second kappa shape index (κ2) is 5.63. The summed E-state index contributed by atoms with van der Waals surface area (Å²) in [4.78, 5) is 25.9. The molecule has 0 aliphatic carbocycles. The number of amides is 1. The van der Waals surface area contributed by atoms with E-state index in [-0.39, 0.29) is 5.91 Å². The maximum atomic E-state index is 12.7. The first kappa shape index (κ1) is 14.3. The Hall–Kier alpha value is -2.63. The van der Waals surface area contributed by atoms with Crippen molar-refractivity contribution in [3.63, 3.8) is 0 Å². The van der Waals surface area contributed by atoms with Crippen LogP contribution < -0.4 is 0 Å². The van der Waals surface area contributed by atoms with Crippen LogP contribution >= 0.6 is 0 Å². The van der Waals surface area contributed by atoms with Crippen LogP contribution in [0.4, 0.5) is 0 Å². The maximum absolute atomic E-state index is 12.7. The molecular weight excluding hydrogens is 282 g/mol. The number of benzene rings is 1. The van der Waals surface area contributed by atoms with Crippen molar-refractivity contribution >= 4 is 11.9 Å². The summed E-state index contributed by atoms with van der Waals surface area (Å²) in [5.41, 5.74) is 1.33. The Labute approximate surface area is 128 Å². The maximum Gasteiger partial charge on any atom is 0.309 e. The van der Waals surface area contributed by atoms with Crippen LogP contribution in [-0.4, -0.2) is 38.2 Å². The first-order valence-corrected chi connectivity index (χ1v) is 7.15. The van der Waals surface area contributed by atoms with Crippen molar-refractivity contribution in [2.24, 2.45) is 13.0 Å². The number of nitrogens with zero attached hydrogens (tertiary/aromatic N) is 3. The highest BCUT2D eigenvalue weighted by Gasteiger charge is 2.42. The van der Waals surface area contributed by atoms with Gasteiger partial charge in [0, 0.05) is 19.8 Å². The lowest BCUT2D eigenvalue weighted by atomic mass is 9.93. The monoisotopic (exact) mass is 299 g/mol. The zero-order chi connectivity index (χ0) is 15.7. The number of rotatable bonds is 3. The summed E-state index contributed by atoms with van der Waals surface area (Å²) in [6, 6.07) is 8.90. The number of carboxylic acids is 1. The number of hydrogen-bond donors (Lipinski definition) is 1. The fraction of sp³-hybridized carbons (Fsp3) is 0.312. The van der Waals surface area contributed by atoms with Gasteiger partial charge < -0.3 is 10.0 Å². The molecule has 2 heterocycles. The molecule has 0 spiro atoms. The summed E-state index contributed by atoms with van der Waals surface area (Å²) in [5, 5.41) is 13.5. The molecule has 1 fully saturated rings. The molecule has 1 aromatic heterocycles. The van der Waals surface area contributed by atoms with Gasteiger partial charge in [-0.05, 0) is 12.0 Å². The van der Waals surface area contributed by atoms with E-state index in [1.54, 1.807) is 22.8 Å². The summed E-state index contributed by atoms with van der Waals surface area (Å²) in [6.07, 6.45) is 3.62. The van der Waals surface area contributed by atoms with Gasteiger partial charge in [0.1, 0.15) is 0 Å². The number of carbonyl (C=O) groups excluding carboxylic acids is 1. The number of hydrogen-bond acceptors (Lipinski definition) is 3.